The summed E-state index contributed by atoms with van der Waals surface area (Å²) in [6.45, 7) is 8.51. The summed E-state index contributed by atoms with van der Waals surface area (Å²) in [5, 5.41) is 0. The molecular weight excluding hydrogens is 238 g/mol. The molecule has 1 aromatic rings. The van der Waals surface area contributed by atoms with Crippen molar-refractivity contribution in [1.29, 1.82) is 0 Å². The van der Waals surface area contributed by atoms with Crippen molar-refractivity contribution in [2.75, 3.05) is 11.5 Å². The van der Waals surface area contributed by atoms with Gasteiger partial charge in [0.1, 0.15) is 0 Å². The van der Waals surface area contributed by atoms with Crippen LogP contribution in [0.1, 0.15) is 33.3 Å². The molecule has 0 aromatic heterocycles. The van der Waals surface area contributed by atoms with Crippen molar-refractivity contribution in [3.8, 4) is 0 Å². The van der Waals surface area contributed by atoms with Gasteiger partial charge in [0.05, 0.1) is 12.3 Å². The molecule has 0 spiro atoms. The summed E-state index contributed by atoms with van der Waals surface area (Å²) >= 11 is 0. The van der Waals surface area contributed by atoms with Gasteiger partial charge in [-0.2, -0.15) is 0 Å². The lowest BCUT2D eigenvalue weighted by Gasteiger charge is -2.30. The minimum atomic E-state index is -0.266. The van der Waals surface area contributed by atoms with Gasteiger partial charge in [0.25, 0.3) is 0 Å². The highest BCUT2D eigenvalue weighted by molar-refractivity contribution is 5.93. The first kappa shape index (κ1) is 13.7. The molecule has 1 amide bonds. The second kappa shape index (κ2) is 5.47. The Hall–Kier alpha value is -1.77. The Morgan fingerprint density at radius 1 is 1.32 bits per heavy atom. The maximum Gasteiger partial charge on any atom is 0.414 e. The zero-order valence-corrected chi connectivity index (χ0v) is 12.0. The fourth-order valence-electron chi connectivity index (χ4n) is 2.55. The van der Waals surface area contributed by atoms with Crippen molar-refractivity contribution < 1.29 is 9.53 Å². The van der Waals surface area contributed by atoms with E-state index < -0.39 is 0 Å². The number of rotatable bonds is 1. The van der Waals surface area contributed by atoms with Gasteiger partial charge in [-0.05, 0) is 38.3 Å². The van der Waals surface area contributed by atoms with E-state index in [4.69, 9.17) is 4.74 Å². The third-order valence-corrected chi connectivity index (χ3v) is 3.73. The van der Waals surface area contributed by atoms with Crippen LogP contribution in [-0.2, 0) is 4.74 Å². The number of ether oxygens (including phenoxy) is 1. The Morgan fingerprint density at radius 3 is 2.68 bits per heavy atom. The molecule has 1 aliphatic heterocycles. The monoisotopic (exact) mass is 259 g/mol. The summed E-state index contributed by atoms with van der Waals surface area (Å²) in [6, 6.07) is 8.08. The molecule has 2 rings (SSSR count). The second-order valence-corrected chi connectivity index (χ2v) is 5.04. The standard InChI is InChI=1S/C16H21NO2/c1-5-19-16(18)17-13(4)11(2)10-12(3)14-8-6-7-9-15(14)17/h6-11,13H,5H2,1-4H3/t11-,13+/m0/s1. The van der Waals surface area contributed by atoms with Gasteiger partial charge in [0, 0.05) is 11.6 Å². The van der Waals surface area contributed by atoms with Crippen molar-refractivity contribution >= 4 is 17.4 Å². The molecule has 1 heterocycles. The highest BCUT2D eigenvalue weighted by atomic mass is 16.6. The van der Waals surface area contributed by atoms with Gasteiger partial charge in [-0.25, -0.2) is 4.79 Å². The summed E-state index contributed by atoms with van der Waals surface area (Å²) in [7, 11) is 0. The largest absolute Gasteiger partial charge is 0.449 e. The highest BCUT2D eigenvalue weighted by Crippen LogP contribution is 2.35. The number of hydrogen-bond acceptors (Lipinski definition) is 2. The van der Waals surface area contributed by atoms with Crippen molar-refractivity contribution in [3.05, 3.63) is 35.9 Å². The lowest BCUT2D eigenvalue weighted by Crippen LogP contribution is -2.42. The van der Waals surface area contributed by atoms with E-state index in [-0.39, 0.29) is 18.1 Å². The SMILES string of the molecule is CCOC(=O)N1c2ccccc2C(C)=C[C@H](C)[C@H]1C. The predicted octanol–water partition coefficient (Wildman–Crippen LogP) is 4.09. The Bertz CT molecular complexity index is 507. The number of carbonyl (C=O) groups excluding carboxylic acids is 1. The summed E-state index contributed by atoms with van der Waals surface area (Å²) in [4.78, 5) is 14.0. The van der Waals surface area contributed by atoms with Crippen molar-refractivity contribution in [2.45, 2.75) is 33.7 Å². The molecule has 1 aliphatic rings. The Kier molecular flexibility index (Phi) is 3.93. The smallest absolute Gasteiger partial charge is 0.414 e. The molecule has 1 aromatic carbocycles. The first-order valence-electron chi connectivity index (χ1n) is 6.80. The molecule has 2 atom stereocenters. The van der Waals surface area contributed by atoms with Crippen LogP contribution in [0.2, 0.25) is 0 Å². The maximum absolute atomic E-state index is 12.3. The number of nitrogens with zero attached hydrogens (tertiary/aromatic N) is 1. The molecule has 3 heteroatoms. The molecule has 0 saturated carbocycles. The highest BCUT2D eigenvalue weighted by Gasteiger charge is 2.30. The lowest BCUT2D eigenvalue weighted by atomic mass is 10.00. The van der Waals surface area contributed by atoms with Crippen LogP contribution in [0.25, 0.3) is 5.57 Å². The average Bonchev–Trinajstić information content (AvgIpc) is 2.47. The molecule has 0 fully saturated rings. The fraction of sp³-hybridized carbons (Fsp3) is 0.438. The van der Waals surface area contributed by atoms with Gasteiger partial charge in [0.2, 0.25) is 0 Å². The zero-order valence-electron chi connectivity index (χ0n) is 12.0. The van der Waals surface area contributed by atoms with Crippen LogP contribution in [0.15, 0.2) is 30.3 Å². The summed E-state index contributed by atoms with van der Waals surface area (Å²) in [5.74, 6) is 0.289. The third kappa shape index (κ3) is 2.50. The summed E-state index contributed by atoms with van der Waals surface area (Å²) < 4.78 is 5.21. The lowest BCUT2D eigenvalue weighted by molar-refractivity contribution is 0.156. The van der Waals surface area contributed by atoms with Crippen molar-refractivity contribution in [2.24, 2.45) is 5.92 Å². The van der Waals surface area contributed by atoms with Crippen LogP contribution in [0.4, 0.5) is 10.5 Å². The Balaban J connectivity index is 2.53. The van der Waals surface area contributed by atoms with Crippen LogP contribution < -0.4 is 4.90 Å². The third-order valence-electron chi connectivity index (χ3n) is 3.73. The second-order valence-electron chi connectivity index (χ2n) is 5.04. The van der Waals surface area contributed by atoms with Gasteiger partial charge < -0.3 is 4.74 Å². The maximum atomic E-state index is 12.3. The quantitative estimate of drug-likeness (QED) is 0.760. The van der Waals surface area contributed by atoms with E-state index in [9.17, 15) is 4.79 Å². The number of fused-ring (bicyclic) bond motifs is 1. The van der Waals surface area contributed by atoms with Gasteiger partial charge in [0.15, 0.2) is 0 Å². The van der Waals surface area contributed by atoms with E-state index in [2.05, 4.69) is 32.9 Å². The molecule has 0 saturated heterocycles. The molecule has 102 valence electrons. The van der Waals surface area contributed by atoms with Crippen LogP contribution in [-0.4, -0.2) is 18.7 Å². The summed E-state index contributed by atoms with van der Waals surface area (Å²) in [5.41, 5.74) is 3.25. The van der Waals surface area contributed by atoms with Gasteiger partial charge in [-0.3, -0.25) is 4.90 Å². The van der Waals surface area contributed by atoms with Gasteiger partial charge in [-0.15, -0.1) is 0 Å². The number of hydrogen-bond donors (Lipinski definition) is 0. The van der Waals surface area contributed by atoms with E-state index in [1.54, 1.807) is 4.90 Å². The fourth-order valence-corrected chi connectivity index (χ4v) is 2.55. The zero-order chi connectivity index (χ0) is 14.0. The molecule has 3 nitrogen and oxygen atoms in total. The van der Waals surface area contributed by atoms with Crippen molar-refractivity contribution in [3.63, 3.8) is 0 Å². The van der Waals surface area contributed by atoms with Crippen LogP contribution >= 0.6 is 0 Å². The molecule has 0 aliphatic carbocycles. The summed E-state index contributed by atoms with van der Waals surface area (Å²) in [6.07, 6.45) is 1.96. The number of benzene rings is 1. The van der Waals surface area contributed by atoms with E-state index in [0.717, 1.165) is 11.3 Å². The number of carbonyl (C=O) groups is 1. The first-order chi connectivity index (χ1) is 9.06. The van der Waals surface area contributed by atoms with Crippen LogP contribution in [0.5, 0.6) is 0 Å². The average molecular weight is 259 g/mol. The first-order valence-corrected chi connectivity index (χ1v) is 6.80. The number of para-hydroxylation sites is 1. The Morgan fingerprint density at radius 2 is 2.00 bits per heavy atom. The number of amides is 1. The van der Waals surface area contributed by atoms with E-state index >= 15 is 0 Å². The topological polar surface area (TPSA) is 29.5 Å². The molecule has 0 radical (unpaired) electrons. The van der Waals surface area contributed by atoms with E-state index in [1.165, 1.54) is 5.57 Å². The molecule has 19 heavy (non-hydrogen) atoms. The minimum Gasteiger partial charge on any atom is -0.449 e. The number of anilines is 1. The van der Waals surface area contributed by atoms with Gasteiger partial charge >= 0.3 is 6.09 Å². The Labute approximate surface area is 114 Å². The van der Waals surface area contributed by atoms with Crippen molar-refractivity contribution in [1.82, 2.24) is 0 Å². The van der Waals surface area contributed by atoms with Gasteiger partial charge in [-0.1, -0.05) is 31.2 Å². The normalized spacial score (nSPS) is 22.3. The molecule has 0 unspecified atom stereocenters. The van der Waals surface area contributed by atoms with Crippen LogP contribution in [0.3, 0.4) is 0 Å². The number of allylic oxidation sites excluding steroid dienone is 1. The van der Waals surface area contributed by atoms with Crippen LogP contribution in [0, 0.1) is 5.92 Å². The molecule has 0 N–H and O–H groups in total. The minimum absolute atomic E-state index is 0.0812. The molecular formula is C16H21NO2. The van der Waals surface area contributed by atoms with E-state index in [0.29, 0.717) is 6.61 Å². The predicted molar refractivity (Wildman–Crippen MR) is 78.2 cm³/mol. The van der Waals surface area contributed by atoms with E-state index in [1.807, 2.05) is 25.1 Å². The molecule has 0 bridgehead atoms.